The molecule has 1 atom stereocenters. The Hall–Kier alpha value is -1.51. The minimum atomic E-state index is 0.0561. The summed E-state index contributed by atoms with van der Waals surface area (Å²) in [6.45, 7) is 2.22. The SMILES string of the molecule is COc1cc2c3c(c1O)CCC3(C)CCCC2=O. The summed E-state index contributed by atoms with van der Waals surface area (Å²) in [6, 6.07) is 1.73. The monoisotopic (exact) mass is 246 g/mol. The van der Waals surface area contributed by atoms with Crippen molar-refractivity contribution in [3.63, 3.8) is 0 Å². The van der Waals surface area contributed by atoms with Crippen LogP contribution in [0.2, 0.25) is 0 Å². The van der Waals surface area contributed by atoms with Crippen molar-refractivity contribution in [3.8, 4) is 11.5 Å². The van der Waals surface area contributed by atoms with Crippen LogP contribution >= 0.6 is 0 Å². The molecule has 2 aliphatic carbocycles. The molecule has 1 N–H and O–H groups in total. The van der Waals surface area contributed by atoms with E-state index in [9.17, 15) is 9.90 Å². The van der Waals surface area contributed by atoms with Gasteiger partial charge < -0.3 is 9.84 Å². The van der Waals surface area contributed by atoms with Crippen LogP contribution in [0.3, 0.4) is 0 Å². The van der Waals surface area contributed by atoms with Gasteiger partial charge >= 0.3 is 0 Å². The Morgan fingerprint density at radius 1 is 1.33 bits per heavy atom. The van der Waals surface area contributed by atoms with Gasteiger partial charge in [0.15, 0.2) is 17.3 Å². The molecule has 0 fully saturated rings. The minimum Gasteiger partial charge on any atom is -0.504 e. The molecule has 3 rings (SSSR count). The molecule has 1 unspecified atom stereocenters. The van der Waals surface area contributed by atoms with Crippen LogP contribution in [0.4, 0.5) is 0 Å². The number of hydrogen-bond acceptors (Lipinski definition) is 3. The van der Waals surface area contributed by atoms with Gasteiger partial charge in [0.25, 0.3) is 0 Å². The molecular formula is C15H18O3. The van der Waals surface area contributed by atoms with E-state index in [0.29, 0.717) is 12.2 Å². The number of aromatic hydroxyl groups is 1. The number of phenolic OH excluding ortho intramolecular Hbond substituents is 1. The number of hydrogen-bond donors (Lipinski definition) is 1. The second-order valence-electron chi connectivity index (χ2n) is 5.67. The first kappa shape index (κ1) is 11.6. The summed E-state index contributed by atoms with van der Waals surface area (Å²) in [7, 11) is 1.53. The third-order valence-electron chi connectivity index (χ3n) is 4.55. The Labute approximate surface area is 107 Å². The van der Waals surface area contributed by atoms with Crippen molar-refractivity contribution in [1.82, 2.24) is 0 Å². The minimum absolute atomic E-state index is 0.0561. The average molecular weight is 246 g/mol. The lowest BCUT2D eigenvalue weighted by atomic mass is 9.79. The molecule has 18 heavy (non-hydrogen) atoms. The van der Waals surface area contributed by atoms with Crippen LogP contribution in [0, 0.1) is 0 Å². The summed E-state index contributed by atoms with van der Waals surface area (Å²) in [5.41, 5.74) is 2.85. The van der Waals surface area contributed by atoms with E-state index in [4.69, 9.17) is 4.74 Å². The maximum absolute atomic E-state index is 12.2. The van der Waals surface area contributed by atoms with Gasteiger partial charge in [-0.05, 0) is 42.7 Å². The predicted molar refractivity (Wildman–Crippen MR) is 68.5 cm³/mol. The molecule has 2 aliphatic rings. The van der Waals surface area contributed by atoms with E-state index >= 15 is 0 Å². The summed E-state index contributed by atoms with van der Waals surface area (Å²) in [6.07, 6.45) is 4.44. The van der Waals surface area contributed by atoms with Crippen molar-refractivity contribution in [3.05, 3.63) is 22.8 Å². The van der Waals surface area contributed by atoms with E-state index in [1.807, 2.05) is 0 Å². The van der Waals surface area contributed by atoms with Gasteiger partial charge in [0.1, 0.15) is 0 Å². The second kappa shape index (κ2) is 3.74. The molecule has 1 aromatic carbocycles. The molecule has 0 spiro atoms. The highest BCUT2D eigenvalue weighted by molar-refractivity contribution is 5.99. The molecule has 0 bridgehead atoms. The van der Waals surface area contributed by atoms with E-state index in [0.717, 1.165) is 42.4 Å². The van der Waals surface area contributed by atoms with Crippen molar-refractivity contribution >= 4 is 5.78 Å². The maximum atomic E-state index is 12.2. The lowest BCUT2D eigenvalue weighted by Crippen LogP contribution is -2.18. The van der Waals surface area contributed by atoms with Gasteiger partial charge in [-0.1, -0.05) is 6.92 Å². The number of benzene rings is 1. The topological polar surface area (TPSA) is 46.5 Å². The number of Topliss-reactive ketones (excluding diaryl/α,β-unsaturated/α-hetero) is 1. The lowest BCUT2D eigenvalue weighted by molar-refractivity contribution is 0.0981. The third-order valence-corrected chi connectivity index (χ3v) is 4.55. The van der Waals surface area contributed by atoms with Gasteiger partial charge in [-0.3, -0.25) is 4.79 Å². The second-order valence-corrected chi connectivity index (χ2v) is 5.67. The Bertz CT molecular complexity index is 533. The standard InChI is InChI=1S/C15H18O3/c1-15-6-3-4-11(16)10-8-12(18-2)14(17)9(5-7-15)13(10)15/h8,17H,3-7H2,1-2H3. The van der Waals surface area contributed by atoms with Gasteiger partial charge in [0.2, 0.25) is 0 Å². The smallest absolute Gasteiger partial charge is 0.163 e. The fourth-order valence-electron chi connectivity index (χ4n) is 3.56. The predicted octanol–water partition coefficient (Wildman–Crippen LogP) is 2.97. The zero-order chi connectivity index (χ0) is 12.9. The van der Waals surface area contributed by atoms with Crippen molar-refractivity contribution < 1.29 is 14.6 Å². The number of carbonyl (C=O) groups is 1. The lowest BCUT2D eigenvalue weighted by Gasteiger charge is -2.25. The first-order chi connectivity index (χ1) is 8.57. The molecule has 0 heterocycles. The fraction of sp³-hybridized carbons (Fsp3) is 0.533. The van der Waals surface area contributed by atoms with E-state index in [1.54, 1.807) is 6.07 Å². The number of carbonyl (C=O) groups excluding carboxylic acids is 1. The molecular weight excluding hydrogens is 228 g/mol. The van der Waals surface area contributed by atoms with Gasteiger partial charge in [0.05, 0.1) is 7.11 Å². The van der Waals surface area contributed by atoms with Crippen LogP contribution in [-0.2, 0) is 11.8 Å². The van der Waals surface area contributed by atoms with Crippen molar-refractivity contribution in [2.45, 2.75) is 44.4 Å². The highest BCUT2D eigenvalue weighted by Crippen LogP contribution is 2.51. The van der Waals surface area contributed by atoms with Crippen LogP contribution in [0.5, 0.6) is 11.5 Å². The molecule has 3 heteroatoms. The molecule has 1 aromatic rings. The fourth-order valence-corrected chi connectivity index (χ4v) is 3.56. The number of rotatable bonds is 1. The number of ether oxygens (including phenoxy) is 1. The van der Waals surface area contributed by atoms with Crippen molar-refractivity contribution in [2.24, 2.45) is 0 Å². The van der Waals surface area contributed by atoms with Crippen LogP contribution < -0.4 is 4.74 Å². The normalized spacial score (nSPS) is 25.8. The first-order valence-electron chi connectivity index (χ1n) is 6.53. The van der Waals surface area contributed by atoms with Crippen LogP contribution in [0.1, 0.15) is 54.1 Å². The Balaban J connectivity index is 2.32. The molecule has 0 saturated carbocycles. The Morgan fingerprint density at radius 2 is 2.11 bits per heavy atom. The number of methoxy groups -OCH3 is 1. The molecule has 0 aliphatic heterocycles. The molecule has 0 saturated heterocycles. The largest absolute Gasteiger partial charge is 0.504 e. The zero-order valence-electron chi connectivity index (χ0n) is 10.9. The van der Waals surface area contributed by atoms with Crippen LogP contribution in [0.25, 0.3) is 0 Å². The van der Waals surface area contributed by atoms with E-state index < -0.39 is 0 Å². The molecule has 0 amide bonds. The summed E-state index contributed by atoms with van der Waals surface area (Å²) in [5.74, 6) is 0.855. The summed E-state index contributed by atoms with van der Waals surface area (Å²) < 4.78 is 5.19. The molecule has 0 radical (unpaired) electrons. The Morgan fingerprint density at radius 3 is 2.83 bits per heavy atom. The third kappa shape index (κ3) is 1.39. The molecule has 3 nitrogen and oxygen atoms in total. The van der Waals surface area contributed by atoms with E-state index in [2.05, 4.69) is 6.92 Å². The highest BCUT2D eigenvalue weighted by Gasteiger charge is 2.41. The van der Waals surface area contributed by atoms with Crippen LogP contribution in [-0.4, -0.2) is 18.0 Å². The zero-order valence-corrected chi connectivity index (χ0v) is 10.9. The van der Waals surface area contributed by atoms with Gasteiger partial charge in [-0.25, -0.2) is 0 Å². The summed E-state index contributed by atoms with van der Waals surface area (Å²) in [4.78, 5) is 12.2. The van der Waals surface area contributed by atoms with Gasteiger partial charge in [-0.2, -0.15) is 0 Å². The Kier molecular flexibility index (Phi) is 2.40. The molecule has 96 valence electrons. The average Bonchev–Trinajstić information content (AvgIpc) is 2.63. The van der Waals surface area contributed by atoms with Gasteiger partial charge in [0, 0.05) is 17.5 Å². The summed E-state index contributed by atoms with van der Waals surface area (Å²) in [5, 5.41) is 10.2. The first-order valence-corrected chi connectivity index (χ1v) is 6.53. The van der Waals surface area contributed by atoms with E-state index in [-0.39, 0.29) is 16.9 Å². The van der Waals surface area contributed by atoms with Crippen molar-refractivity contribution in [2.75, 3.05) is 7.11 Å². The highest BCUT2D eigenvalue weighted by atomic mass is 16.5. The van der Waals surface area contributed by atoms with Gasteiger partial charge in [-0.15, -0.1) is 0 Å². The maximum Gasteiger partial charge on any atom is 0.163 e. The van der Waals surface area contributed by atoms with E-state index in [1.165, 1.54) is 7.11 Å². The number of phenols is 1. The molecule has 0 aromatic heterocycles. The number of ketones is 1. The van der Waals surface area contributed by atoms with Crippen LogP contribution in [0.15, 0.2) is 6.07 Å². The summed E-state index contributed by atoms with van der Waals surface area (Å²) >= 11 is 0. The van der Waals surface area contributed by atoms with Crippen molar-refractivity contribution in [1.29, 1.82) is 0 Å². The quantitative estimate of drug-likeness (QED) is 0.828.